The molecule has 0 saturated carbocycles. The van der Waals surface area contributed by atoms with Crippen molar-refractivity contribution in [3.05, 3.63) is 58.4 Å². The van der Waals surface area contributed by atoms with Crippen LogP contribution in [0.4, 0.5) is 0 Å². The Kier molecular flexibility index (Phi) is 2.63. The van der Waals surface area contributed by atoms with Gasteiger partial charge in [0.25, 0.3) is 5.56 Å². The first kappa shape index (κ1) is 11.6. The Hall–Kier alpha value is -2.49. The van der Waals surface area contributed by atoms with E-state index in [0.717, 1.165) is 27.7 Å². The molecule has 2 heterocycles. The number of aryl methyl sites for hydroxylation is 2. The zero-order valence-corrected chi connectivity index (χ0v) is 10.8. The average Bonchev–Trinajstić information content (AvgIpc) is 2.42. The minimum absolute atomic E-state index is 0.160. The fourth-order valence-corrected chi connectivity index (χ4v) is 2.13. The zero-order chi connectivity index (χ0) is 13.4. The number of aromatic nitrogens is 3. The Morgan fingerprint density at radius 1 is 1.16 bits per heavy atom. The van der Waals surface area contributed by atoms with E-state index in [2.05, 4.69) is 15.0 Å². The van der Waals surface area contributed by atoms with Gasteiger partial charge >= 0.3 is 0 Å². The van der Waals surface area contributed by atoms with Crippen LogP contribution in [0.25, 0.3) is 22.0 Å². The van der Waals surface area contributed by atoms with Crippen LogP contribution in [0.5, 0.6) is 0 Å². The standard InChI is InChI=1S/C15H13N3O/c1-9-10(2)18-15(19)14(17-9)13-5-3-4-11-8-16-7-6-12(11)13/h3-8H,1-2H3,(H,18,19). The van der Waals surface area contributed by atoms with Crippen LogP contribution in [0, 0.1) is 13.8 Å². The second kappa shape index (κ2) is 4.31. The van der Waals surface area contributed by atoms with Gasteiger partial charge < -0.3 is 4.98 Å². The quantitative estimate of drug-likeness (QED) is 0.723. The topological polar surface area (TPSA) is 58.6 Å². The fraction of sp³-hybridized carbons (Fsp3) is 0.133. The van der Waals surface area contributed by atoms with E-state index in [9.17, 15) is 4.79 Å². The lowest BCUT2D eigenvalue weighted by molar-refractivity contribution is 1.02. The monoisotopic (exact) mass is 251 g/mol. The summed E-state index contributed by atoms with van der Waals surface area (Å²) in [6.07, 6.45) is 3.51. The molecular weight excluding hydrogens is 238 g/mol. The molecule has 0 unspecified atom stereocenters. The summed E-state index contributed by atoms with van der Waals surface area (Å²) in [6, 6.07) is 7.70. The lowest BCUT2D eigenvalue weighted by Crippen LogP contribution is -2.14. The molecule has 0 aliphatic rings. The third-order valence-corrected chi connectivity index (χ3v) is 3.27. The Morgan fingerprint density at radius 2 is 2.00 bits per heavy atom. The summed E-state index contributed by atoms with van der Waals surface area (Å²) in [5.41, 5.74) is 2.77. The van der Waals surface area contributed by atoms with Gasteiger partial charge in [0.2, 0.25) is 0 Å². The van der Waals surface area contributed by atoms with E-state index in [1.165, 1.54) is 0 Å². The van der Waals surface area contributed by atoms with Gasteiger partial charge in [0.05, 0.1) is 5.69 Å². The molecule has 4 heteroatoms. The molecule has 0 spiro atoms. The van der Waals surface area contributed by atoms with E-state index in [0.29, 0.717) is 5.69 Å². The van der Waals surface area contributed by atoms with E-state index in [1.54, 1.807) is 12.4 Å². The predicted molar refractivity (Wildman–Crippen MR) is 75.1 cm³/mol. The van der Waals surface area contributed by atoms with E-state index < -0.39 is 0 Å². The number of hydrogen-bond donors (Lipinski definition) is 1. The van der Waals surface area contributed by atoms with Crippen molar-refractivity contribution < 1.29 is 0 Å². The van der Waals surface area contributed by atoms with Crippen molar-refractivity contribution in [3.63, 3.8) is 0 Å². The molecule has 0 amide bonds. The second-order valence-corrected chi connectivity index (χ2v) is 4.53. The van der Waals surface area contributed by atoms with Gasteiger partial charge in [-0.05, 0) is 25.3 Å². The van der Waals surface area contributed by atoms with Crippen LogP contribution >= 0.6 is 0 Å². The van der Waals surface area contributed by atoms with Gasteiger partial charge in [-0.3, -0.25) is 9.78 Å². The molecule has 3 rings (SSSR count). The zero-order valence-electron chi connectivity index (χ0n) is 10.8. The maximum absolute atomic E-state index is 12.1. The highest BCUT2D eigenvalue weighted by Gasteiger charge is 2.10. The summed E-state index contributed by atoms with van der Waals surface area (Å²) in [5, 5.41) is 1.98. The minimum atomic E-state index is -0.160. The minimum Gasteiger partial charge on any atom is -0.323 e. The molecule has 2 aromatic heterocycles. The van der Waals surface area contributed by atoms with E-state index in [4.69, 9.17) is 0 Å². The molecule has 0 fully saturated rings. The number of nitrogens with one attached hydrogen (secondary N) is 1. The normalized spacial score (nSPS) is 10.8. The molecule has 1 N–H and O–H groups in total. The number of benzene rings is 1. The van der Waals surface area contributed by atoms with Gasteiger partial charge in [-0.2, -0.15) is 0 Å². The highest BCUT2D eigenvalue weighted by molar-refractivity contribution is 5.95. The summed E-state index contributed by atoms with van der Waals surface area (Å²) >= 11 is 0. The molecule has 0 atom stereocenters. The van der Waals surface area contributed by atoms with Gasteiger partial charge in [-0.15, -0.1) is 0 Å². The van der Waals surface area contributed by atoms with Crippen molar-refractivity contribution in [2.75, 3.05) is 0 Å². The number of hydrogen-bond acceptors (Lipinski definition) is 3. The largest absolute Gasteiger partial charge is 0.323 e. The van der Waals surface area contributed by atoms with Crippen molar-refractivity contribution in [2.24, 2.45) is 0 Å². The van der Waals surface area contributed by atoms with Crippen molar-refractivity contribution in [1.82, 2.24) is 15.0 Å². The van der Waals surface area contributed by atoms with Crippen LogP contribution in [-0.4, -0.2) is 15.0 Å². The molecule has 3 aromatic rings. The number of nitrogens with zero attached hydrogens (tertiary/aromatic N) is 2. The van der Waals surface area contributed by atoms with Crippen LogP contribution in [0.3, 0.4) is 0 Å². The lowest BCUT2D eigenvalue weighted by Gasteiger charge is -2.07. The number of pyridine rings is 1. The average molecular weight is 251 g/mol. The molecule has 0 aliphatic heterocycles. The number of aromatic amines is 1. The van der Waals surface area contributed by atoms with E-state index in [1.807, 2.05) is 38.1 Å². The van der Waals surface area contributed by atoms with Gasteiger partial charge in [0, 0.05) is 29.0 Å². The first-order chi connectivity index (χ1) is 9.16. The molecule has 0 aliphatic carbocycles. The molecule has 19 heavy (non-hydrogen) atoms. The third kappa shape index (κ3) is 1.91. The van der Waals surface area contributed by atoms with Gasteiger partial charge in [-0.25, -0.2) is 4.98 Å². The first-order valence-corrected chi connectivity index (χ1v) is 6.07. The summed E-state index contributed by atoms with van der Waals surface area (Å²) < 4.78 is 0. The molecule has 0 radical (unpaired) electrons. The van der Waals surface area contributed by atoms with Crippen LogP contribution in [0.2, 0.25) is 0 Å². The number of rotatable bonds is 1. The van der Waals surface area contributed by atoms with Crippen LogP contribution in [-0.2, 0) is 0 Å². The highest BCUT2D eigenvalue weighted by Crippen LogP contribution is 2.24. The Balaban J connectivity index is 2.37. The van der Waals surface area contributed by atoms with E-state index >= 15 is 0 Å². The number of H-pyrrole nitrogens is 1. The third-order valence-electron chi connectivity index (χ3n) is 3.27. The molecule has 1 aromatic carbocycles. The van der Waals surface area contributed by atoms with Crippen LogP contribution in [0.15, 0.2) is 41.5 Å². The molecule has 4 nitrogen and oxygen atoms in total. The summed E-state index contributed by atoms with van der Waals surface area (Å²) in [4.78, 5) is 23.5. The molecule has 94 valence electrons. The number of fused-ring (bicyclic) bond motifs is 1. The van der Waals surface area contributed by atoms with Crippen LogP contribution < -0.4 is 5.56 Å². The SMILES string of the molecule is Cc1nc(-c2cccc3cnccc23)c(=O)[nH]c1C. The first-order valence-electron chi connectivity index (χ1n) is 6.07. The summed E-state index contributed by atoms with van der Waals surface area (Å²) in [6.45, 7) is 3.74. The fourth-order valence-electron chi connectivity index (χ4n) is 2.13. The van der Waals surface area contributed by atoms with E-state index in [-0.39, 0.29) is 5.56 Å². The van der Waals surface area contributed by atoms with Gasteiger partial charge in [0.1, 0.15) is 5.69 Å². The molecule has 0 bridgehead atoms. The second-order valence-electron chi connectivity index (χ2n) is 4.53. The summed E-state index contributed by atoms with van der Waals surface area (Å²) in [5.74, 6) is 0. The van der Waals surface area contributed by atoms with Crippen molar-refractivity contribution in [1.29, 1.82) is 0 Å². The van der Waals surface area contributed by atoms with Crippen LogP contribution in [0.1, 0.15) is 11.4 Å². The predicted octanol–water partition coefficient (Wildman–Crippen LogP) is 2.60. The molecule has 0 saturated heterocycles. The summed E-state index contributed by atoms with van der Waals surface area (Å²) in [7, 11) is 0. The Bertz CT molecular complexity index is 816. The molecular formula is C15H13N3O. The highest BCUT2D eigenvalue weighted by atomic mass is 16.1. The maximum atomic E-state index is 12.1. The lowest BCUT2D eigenvalue weighted by atomic mass is 10.0. The maximum Gasteiger partial charge on any atom is 0.274 e. The smallest absolute Gasteiger partial charge is 0.274 e. The Morgan fingerprint density at radius 3 is 2.84 bits per heavy atom. The van der Waals surface area contributed by atoms with Gasteiger partial charge in [-0.1, -0.05) is 18.2 Å². The van der Waals surface area contributed by atoms with Crippen molar-refractivity contribution in [2.45, 2.75) is 13.8 Å². The van der Waals surface area contributed by atoms with Crippen molar-refractivity contribution >= 4 is 10.8 Å². The Labute approximate surface area is 110 Å². The van der Waals surface area contributed by atoms with Gasteiger partial charge in [0.15, 0.2) is 0 Å². The van der Waals surface area contributed by atoms with Crippen molar-refractivity contribution in [3.8, 4) is 11.3 Å².